The molecule has 0 N–H and O–H groups in total. The number of hydrogen-bond donors (Lipinski definition) is 0. The van der Waals surface area contributed by atoms with Crippen molar-refractivity contribution >= 4 is 22.6 Å². The number of nitrogens with zero attached hydrogens (tertiary/aromatic N) is 1. The molecule has 0 radical (unpaired) electrons. The van der Waals surface area contributed by atoms with Gasteiger partial charge in [0.15, 0.2) is 0 Å². The quantitative estimate of drug-likeness (QED) is 0.413. The first kappa shape index (κ1) is 15.7. The Bertz CT molecular complexity index is 176. The average Bonchev–Trinajstić information content (AvgIpc) is 1.75. The van der Waals surface area contributed by atoms with E-state index in [4.69, 9.17) is 0 Å². The van der Waals surface area contributed by atoms with Crippen LogP contribution < -0.4 is 0 Å². The zero-order chi connectivity index (χ0) is 12.5. The van der Waals surface area contributed by atoms with Gasteiger partial charge in [0.1, 0.15) is 0 Å². The zero-order valence-corrected chi connectivity index (χ0v) is 13.9. The smallest absolute Gasteiger partial charge is 0.0677 e. The molecular formula is C13H28IN. The second-order valence-electron chi connectivity index (χ2n) is 7.04. The highest BCUT2D eigenvalue weighted by molar-refractivity contribution is 14.1. The third kappa shape index (κ3) is 6.77. The lowest BCUT2D eigenvalue weighted by Gasteiger charge is -2.45. The molecule has 0 aromatic heterocycles. The first-order valence-corrected chi connectivity index (χ1v) is 6.88. The van der Waals surface area contributed by atoms with E-state index in [1.54, 1.807) is 0 Å². The van der Waals surface area contributed by atoms with Gasteiger partial charge >= 0.3 is 0 Å². The molecule has 0 saturated heterocycles. The van der Waals surface area contributed by atoms with Crippen LogP contribution in [-0.4, -0.2) is 20.5 Å². The molecule has 0 fully saturated rings. The second kappa shape index (κ2) is 4.91. The third-order valence-electron chi connectivity index (χ3n) is 2.54. The Morgan fingerprint density at radius 2 is 1.27 bits per heavy atom. The molecule has 0 aromatic carbocycles. The second-order valence-corrected chi connectivity index (χ2v) is 9.68. The summed E-state index contributed by atoms with van der Waals surface area (Å²) in [7, 11) is 0. The standard InChI is InChI=1S/C13H28IN/c1-11(2,3)9-10-15(12(4,5)6)13(7,8)14/h9-10H2,1-8H3. The van der Waals surface area contributed by atoms with Gasteiger partial charge in [0.25, 0.3) is 0 Å². The summed E-state index contributed by atoms with van der Waals surface area (Å²) in [4.78, 5) is 2.59. The van der Waals surface area contributed by atoms with E-state index in [2.05, 4.69) is 82.9 Å². The Hall–Kier alpha value is 0.690. The van der Waals surface area contributed by atoms with Crippen LogP contribution in [0, 0.1) is 5.41 Å². The molecular weight excluding hydrogens is 297 g/mol. The molecule has 0 aliphatic carbocycles. The molecule has 2 heteroatoms. The Kier molecular flexibility index (Phi) is 5.13. The molecule has 0 bridgehead atoms. The van der Waals surface area contributed by atoms with Crippen molar-refractivity contribution in [2.75, 3.05) is 6.54 Å². The summed E-state index contributed by atoms with van der Waals surface area (Å²) < 4.78 is 0.223. The van der Waals surface area contributed by atoms with Crippen molar-refractivity contribution in [3.05, 3.63) is 0 Å². The molecule has 0 aliphatic rings. The first-order valence-electron chi connectivity index (χ1n) is 5.81. The fourth-order valence-electron chi connectivity index (χ4n) is 1.85. The van der Waals surface area contributed by atoms with Crippen LogP contribution in [-0.2, 0) is 0 Å². The fraction of sp³-hybridized carbons (Fsp3) is 1.00. The minimum absolute atomic E-state index is 0.223. The van der Waals surface area contributed by atoms with E-state index >= 15 is 0 Å². The molecule has 0 saturated carbocycles. The summed E-state index contributed by atoms with van der Waals surface area (Å²) >= 11 is 2.54. The number of hydrogen-bond acceptors (Lipinski definition) is 1. The van der Waals surface area contributed by atoms with Gasteiger partial charge in [0.2, 0.25) is 0 Å². The van der Waals surface area contributed by atoms with Crippen molar-refractivity contribution in [3.63, 3.8) is 0 Å². The largest absolute Gasteiger partial charge is 0.285 e. The van der Waals surface area contributed by atoms with Crippen LogP contribution >= 0.6 is 22.6 Å². The molecule has 1 nitrogen and oxygen atoms in total. The van der Waals surface area contributed by atoms with Crippen molar-refractivity contribution < 1.29 is 0 Å². The molecule has 0 spiro atoms. The molecule has 0 aromatic rings. The van der Waals surface area contributed by atoms with Gasteiger partial charge in [0, 0.05) is 12.1 Å². The van der Waals surface area contributed by atoms with E-state index in [9.17, 15) is 0 Å². The number of rotatable bonds is 3. The summed E-state index contributed by atoms with van der Waals surface area (Å²) in [5.74, 6) is 0. The van der Waals surface area contributed by atoms with Gasteiger partial charge in [-0.3, -0.25) is 4.90 Å². The lowest BCUT2D eigenvalue weighted by Crippen LogP contribution is -2.51. The Balaban J connectivity index is 4.56. The molecule has 0 rings (SSSR count). The minimum Gasteiger partial charge on any atom is -0.285 e. The van der Waals surface area contributed by atoms with Crippen LogP contribution in [0.4, 0.5) is 0 Å². The Morgan fingerprint density at radius 3 is 1.47 bits per heavy atom. The van der Waals surface area contributed by atoms with Crippen LogP contribution in [0.2, 0.25) is 0 Å². The molecule has 0 aliphatic heterocycles. The Morgan fingerprint density at radius 1 is 0.867 bits per heavy atom. The molecule has 92 valence electrons. The number of alkyl halides is 1. The minimum atomic E-state index is 0.223. The first-order chi connectivity index (χ1) is 6.34. The van der Waals surface area contributed by atoms with Crippen molar-refractivity contribution in [2.45, 2.75) is 70.9 Å². The van der Waals surface area contributed by atoms with E-state index in [0.717, 1.165) is 0 Å². The van der Waals surface area contributed by atoms with Gasteiger partial charge in [-0.2, -0.15) is 0 Å². The lowest BCUT2D eigenvalue weighted by atomic mass is 9.90. The van der Waals surface area contributed by atoms with Crippen LogP contribution in [0.25, 0.3) is 0 Å². The van der Waals surface area contributed by atoms with Gasteiger partial charge in [0.05, 0.1) is 3.55 Å². The van der Waals surface area contributed by atoms with Gasteiger partial charge in [-0.1, -0.05) is 43.4 Å². The summed E-state index contributed by atoms with van der Waals surface area (Å²) in [6.45, 7) is 19.6. The molecule has 0 unspecified atom stereocenters. The summed E-state index contributed by atoms with van der Waals surface area (Å²) in [5.41, 5.74) is 0.668. The van der Waals surface area contributed by atoms with Crippen molar-refractivity contribution in [2.24, 2.45) is 5.41 Å². The highest BCUT2D eigenvalue weighted by atomic mass is 127. The van der Waals surface area contributed by atoms with Gasteiger partial charge < -0.3 is 0 Å². The average molecular weight is 325 g/mol. The third-order valence-corrected chi connectivity index (χ3v) is 3.12. The van der Waals surface area contributed by atoms with E-state index in [1.165, 1.54) is 13.0 Å². The number of halogens is 1. The molecule has 0 atom stereocenters. The summed E-state index contributed by atoms with van der Waals surface area (Å²) in [6, 6.07) is 0. The van der Waals surface area contributed by atoms with Crippen molar-refractivity contribution in [1.82, 2.24) is 4.90 Å². The maximum Gasteiger partial charge on any atom is 0.0677 e. The van der Waals surface area contributed by atoms with Crippen LogP contribution in [0.15, 0.2) is 0 Å². The molecule has 15 heavy (non-hydrogen) atoms. The van der Waals surface area contributed by atoms with E-state index in [0.29, 0.717) is 5.41 Å². The molecule has 0 heterocycles. The van der Waals surface area contributed by atoms with Gasteiger partial charge in [-0.05, 0) is 46.5 Å². The van der Waals surface area contributed by atoms with E-state index in [1.807, 2.05) is 0 Å². The maximum atomic E-state index is 2.59. The maximum absolute atomic E-state index is 2.59. The fourth-order valence-corrected chi connectivity index (χ4v) is 2.81. The highest BCUT2D eigenvalue weighted by Crippen LogP contribution is 2.32. The predicted octanol–water partition coefficient (Wildman–Crippen LogP) is 4.69. The monoisotopic (exact) mass is 325 g/mol. The van der Waals surface area contributed by atoms with Crippen LogP contribution in [0.1, 0.15) is 61.8 Å². The van der Waals surface area contributed by atoms with Gasteiger partial charge in [-0.25, -0.2) is 0 Å². The normalized spacial score (nSPS) is 14.8. The topological polar surface area (TPSA) is 3.24 Å². The lowest BCUT2D eigenvalue weighted by molar-refractivity contribution is 0.0762. The van der Waals surface area contributed by atoms with Crippen molar-refractivity contribution in [3.8, 4) is 0 Å². The van der Waals surface area contributed by atoms with Crippen LogP contribution in [0.3, 0.4) is 0 Å². The summed E-state index contributed by atoms with van der Waals surface area (Å²) in [5, 5.41) is 0. The zero-order valence-electron chi connectivity index (χ0n) is 11.7. The van der Waals surface area contributed by atoms with Crippen LogP contribution in [0.5, 0.6) is 0 Å². The van der Waals surface area contributed by atoms with Crippen molar-refractivity contribution in [1.29, 1.82) is 0 Å². The predicted molar refractivity (Wildman–Crippen MR) is 78.6 cm³/mol. The molecule has 0 amide bonds. The van der Waals surface area contributed by atoms with E-state index < -0.39 is 0 Å². The highest BCUT2D eigenvalue weighted by Gasteiger charge is 2.33. The Labute approximate surface area is 110 Å². The SMILES string of the molecule is CC(C)(C)CCN(C(C)(C)C)C(C)(C)I. The van der Waals surface area contributed by atoms with E-state index in [-0.39, 0.29) is 9.08 Å². The summed E-state index contributed by atoms with van der Waals surface area (Å²) in [6.07, 6.45) is 1.25. The van der Waals surface area contributed by atoms with Gasteiger partial charge in [-0.15, -0.1) is 0 Å².